The highest BCUT2D eigenvalue weighted by Gasteiger charge is 2.35. The molecule has 1 aliphatic heterocycles. The summed E-state index contributed by atoms with van der Waals surface area (Å²) in [6, 6.07) is 19.5. The number of benzene rings is 2. The molecule has 3 nitrogen and oxygen atoms in total. The van der Waals surface area contributed by atoms with Crippen LogP contribution in [0.1, 0.15) is 18.9 Å². The summed E-state index contributed by atoms with van der Waals surface area (Å²) >= 11 is 0. The van der Waals surface area contributed by atoms with E-state index in [2.05, 4.69) is 5.10 Å². The van der Waals surface area contributed by atoms with Gasteiger partial charge in [-0.2, -0.15) is 10.1 Å². The summed E-state index contributed by atoms with van der Waals surface area (Å²) in [7, 11) is 0. The Hall–Kier alpha value is -2.42. The molecule has 0 saturated heterocycles. The van der Waals surface area contributed by atoms with Gasteiger partial charge in [0.1, 0.15) is 0 Å². The predicted octanol–water partition coefficient (Wildman–Crippen LogP) is 3.46. The van der Waals surface area contributed by atoms with E-state index in [-0.39, 0.29) is 11.8 Å². The van der Waals surface area contributed by atoms with Crippen molar-refractivity contribution >= 4 is 17.3 Å². The molecule has 0 radical (unpaired) electrons. The molecule has 1 amide bonds. The van der Waals surface area contributed by atoms with E-state index in [1.54, 1.807) is 0 Å². The van der Waals surface area contributed by atoms with Crippen LogP contribution in [0, 0.1) is 5.92 Å². The molecule has 0 aromatic heterocycles. The van der Waals surface area contributed by atoms with Gasteiger partial charge >= 0.3 is 0 Å². The predicted molar refractivity (Wildman–Crippen MR) is 80.7 cm³/mol. The largest absolute Gasteiger partial charge is 0.272 e. The van der Waals surface area contributed by atoms with Gasteiger partial charge < -0.3 is 0 Å². The standard InChI is InChI=1S/C17H16N2O/c1-2-15-16(13-9-5-3-6-10-13)18-19(17(15)20)14-11-7-4-8-12-14/h3-12,15H,2H2,1H3. The van der Waals surface area contributed by atoms with Crippen LogP contribution in [0.25, 0.3) is 0 Å². The average Bonchev–Trinajstić information content (AvgIpc) is 2.86. The number of para-hydroxylation sites is 1. The third kappa shape index (κ3) is 2.11. The van der Waals surface area contributed by atoms with Crippen LogP contribution in [-0.2, 0) is 4.79 Å². The molecule has 0 bridgehead atoms. The molecule has 1 unspecified atom stereocenters. The monoisotopic (exact) mass is 264 g/mol. The summed E-state index contributed by atoms with van der Waals surface area (Å²) < 4.78 is 0. The van der Waals surface area contributed by atoms with E-state index in [0.717, 1.165) is 23.4 Å². The molecule has 0 N–H and O–H groups in total. The summed E-state index contributed by atoms with van der Waals surface area (Å²) in [4.78, 5) is 12.5. The van der Waals surface area contributed by atoms with Crippen LogP contribution in [0.3, 0.4) is 0 Å². The van der Waals surface area contributed by atoms with Crippen molar-refractivity contribution in [2.45, 2.75) is 13.3 Å². The molecule has 0 saturated carbocycles. The van der Waals surface area contributed by atoms with Crippen LogP contribution in [0.2, 0.25) is 0 Å². The van der Waals surface area contributed by atoms with Crippen molar-refractivity contribution in [3.8, 4) is 0 Å². The Balaban J connectivity index is 2.03. The highest BCUT2D eigenvalue weighted by Crippen LogP contribution is 2.28. The number of carbonyl (C=O) groups excluding carboxylic acids is 1. The van der Waals surface area contributed by atoms with Crippen LogP contribution in [0.15, 0.2) is 65.8 Å². The van der Waals surface area contributed by atoms with Crippen molar-refractivity contribution in [1.82, 2.24) is 0 Å². The molecule has 0 aliphatic carbocycles. The van der Waals surface area contributed by atoms with Crippen molar-refractivity contribution in [2.24, 2.45) is 11.0 Å². The molecule has 1 atom stereocenters. The zero-order chi connectivity index (χ0) is 13.9. The maximum absolute atomic E-state index is 12.5. The number of anilines is 1. The van der Waals surface area contributed by atoms with Gasteiger partial charge in [0.2, 0.25) is 0 Å². The van der Waals surface area contributed by atoms with Crippen molar-refractivity contribution in [3.05, 3.63) is 66.2 Å². The molecular weight excluding hydrogens is 248 g/mol. The van der Waals surface area contributed by atoms with Crippen LogP contribution in [0.4, 0.5) is 5.69 Å². The van der Waals surface area contributed by atoms with Gasteiger partial charge in [0.15, 0.2) is 0 Å². The third-order valence-corrected chi connectivity index (χ3v) is 3.52. The molecule has 1 aliphatic rings. The molecule has 2 aromatic rings. The Morgan fingerprint density at radius 3 is 2.20 bits per heavy atom. The lowest BCUT2D eigenvalue weighted by Crippen LogP contribution is -2.27. The highest BCUT2D eigenvalue weighted by molar-refractivity contribution is 6.21. The topological polar surface area (TPSA) is 32.7 Å². The smallest absolute Gasteiger partial charge is 0.256 e. The van der Waals surface area contributed by atoms with Gasteiger partial charge in [0.05, 0.1) is 17.3 Å². The Morgan fingerprint density at radius 2 is 1.60 bits per heavy atom. The lowest BCUT2D eigenvalue weighted by atomic mass is 9.94. The van der Waals surface area contributed by atoms with Gasteiger partial charge in [0.25, 0.3) is 5.91 Å². The first-order valence-corrected chi connectivity index (χ1v) is 6.84. The van der Waals surface area contributed by atoms with E-state index >= 15 is 0 Å². The van der Waals surface area contributed by atoms with Gasteiger partial charge in [0, 0.05) is 0 Å². The fraction of sp³-hybridized carbons (Fsp3) is 0.176. The summed E-state index contributed by atoms with van der Waals surface area (Å²) in [5.41, 5.74) is 2.70. The molecule has 3 heteroatoms. The fourth-order valence-corrected chi connectivity index (χ4v) is 2.48. The van der Waals surface area contributed by atoms with E-state index in [4.69, 9.17) is 0 Å². The zero-order valence-corrected chi connectivity index (χ0v) is 11.4. The van der Waals surface area contributed by atoms with E-state index in [9.17, 15) is 4.79 Å². The minimum atomic E-state index is -0.155. The lowest BCUT2D eigenvalue weighted by molar-refractivity contribution is -0.119. The Morgan fingerprint density at radius 1 is 1.00 bits per heavy atom. The first-order valence-electron chi connectivity index (χ1n) is 6.84. The van der Waals surface area contributed by atoms with Gasteiger partial charge in [-0.3, -0.25) is 4.79 Å². The average molecular weight is 264 g/mol. The quantitative estimate of drug-likeness (QED) is 0.835. The molecule has 0 spiro atoms. The Kier molecular flexibility index (Phi) is 3.33. The SMILES string of the molecule is CCC1C(=O)N(c2ccccc2)N=C1c1ccccc1. The lowest BCUT2D eigenvalue weighted by Gasteiger charge is -2.13. The van der Waals surface area contributed by atoms with E-state index in [0.29, 0.717) is 0 Å². The van der Waals surface area contributed by atoms with Crippen molar-refractivity contribution in [1.29, 1.82) is 0 Å². The normalized spacial score (nSPS) is 18.2. The second kappa shape index (κ2) is 5.29. The number of hydrogen-bond acceptors (Lipinski definition) is 2. The van der Waals surface area contributed by atoms with Crippen molar-refractivity contribution in [3.63, 3.8) is 0 Å². The van der Waals surface area contributed by atoms with Crippen LogP contribution in [-0.4, -0.2) is 11.6 Å². The second-order valence-electron chi connectivity index (χ2n) is 4.80. The second-order valence-corrected chi connectivity index (χ2v) is 4.80. The number of rotatable bonds is 3. The first kappa shape index (κ1) is 12.6. The maximum Gasteiger partial charge on any atom is 0.256 e. The fourth-order valence-electron chi connectivity index (χ4n) is 2.48. The number of hydrazone groups is 1. The first-order chi connectivity index (χ1) is 9.81. The molecule has 1 heterocycles. The maximum atomic E-state index is 12.5. The van der Waals surface area contributed by atoms with Crippen LogP contribution < -0.4 is 5.01 Å². The number of amides is 1. The minimum Gasteiger partial charge on any atom is -0.272 e. The molecule has 100 valence electrons. The van der Waals surface area contributed by atoms with Gasteiger partial charge in [-0.1, -0.05) is 55.5 Å². The Bertz CT molecular complexity index is 635. The third-order valence-electron chi connectivity index (χ3n) is 3.52. The summed E-state index contributed by atoms with van der Waals surface area (Å²) in [6.07, 6.45) is 0.760. The molecular formula is C17H16N2O. The van der Waals surface area contributed by atoms with E-state index in [1.807, 2.05) is 67.6 Å². The molecule has 2 aromatic carbocycles. The number of hydrogen-bond donors (Lipinski definition) is 0. The number of carbonyl (C=O) groups is 1. The Labute approximate surface area is 118 Å². The van der Waals surface area contributed by atoms with Crippen molar-refractivity contribution < 1.29 is 4.79 Å². The van der Waals surface area contributed by atoms with Crippen molar-refractivity contribution in [2.75, 3.05) is 5.01 Å². The van der Waals surface area contributed by atoms with Gasteiger partial charge in [-0.25, -0.2) is 0 Å². The molecule has 20 heavy (non-hydrogen) atoms. The summed E-state index contributed by atoms with van der Waals surface area (Å²) in [6.45, 7) is 2.02. The highest BCUT2D eigenvalue weighted by atomic mass is 16.2. The van der Waals surface area contributed by atoms with Gasteiger partial charge in [-0.05, 0) is 24.1 Å². The van der Waals surface area contributed by atoms with E-state index in [1.165, 1.54) is 5.01 Å². The summed E-state index contributed by atoms with van der Waals surface area (Å²) in [5, 5.41) is 6.09. The van der Waals surface area contributed by atoms with E-state index < -0.39 is 0 Å². The summed E-state index contributed by atoms with van der Waals surface area (Å²) in [5.74, 6) is -0.102. The minimum absolute atomic E-state index is 0.0533. The van der Waals surface area contributed by atoms with Crippen LogP contribution >= 0.6 is 0 Å². The number of nitrogens with zero attached hydrogens (tertiary/aromatic N) is 2. The zero-order valence-electron chi connectivity index (χ0n) is 11.4. The molecule has 0 fully saturated rings. The van der Waals surface area contributed by atoms with Crippen LogP contribution in [0.5, 0.6) is 0 Å². The van der Waals surface area contributed by atoms with Gasteiger partial charge in [-0.15, -0.1) is 0 Å². The molecule has 3 rings (SSSR count).